The smallest absolute Gasteiger partial charge is 0.273 e. The second kappa shape index (κ2) is 5.87. The van der Waals surface area contributed by atoms with Gasteiger partial charge in [0.1, 0.15) is 17.3 Å². The average molecular weight is 290 g/mol. The first kappa shape index (κ1) is 14.3. The van der Waals surface area contributed by atoms with E-state index >= 15 is 0 Å². The monoisotopic (exact) mass is 290 g/mol. The highest BCUT2D eigenvalue weighted by atomic mass is 16.6. The number of methoxy groups -OCH3 is 1. The summed E-state index contributed by atoms with van der Waals surface area (Å²) in [6.45, 7) is 0. The van der Waals surface area contributed by atoms with E-state index in [4.69, 9.17) is 9.15 Å². The number of non-ortho nitro benzene ring substituents is 1. The molecule has 0 N–H and O–H groups in total. The van der Waals surface area contributed by atoms with Gasteiger partial charge in [-0.05, 0) is 18.2 Å². The van der Waals surface area contributed by atoms with Crippen LogP contribution in [0.5, 0.6) is 5.75 Å². The van der Waals surface area contributed by atoms with Gasteiger partial charge in [-0.1, -0.05) is 0 Å². The molecule has 21 heavy (non-hydrogen) atoms. The summed E-state index contributed by atoms with van der Waals surface area (Å²) in [7, 11) is 1.39. The van der Waals surface area contributed by atoms with Crippen LogP contribution in [0, 0.1) is 20.2 Å². The minimum Gasteiger partial charge on any atom is -0.496 e. The lowest BCUT2D eigenvalue weighted by atomic mass is 10.1. The van der Waals surface area contributed by atoms with Crippen molar-refractivity contribution in [2.45, 2.75) is 0 Å². The van der Waals surface area contributed by atoms with Gasteiger partial charge in [-0.3, -0.25) is 20.2 Å². The Kier molecular flexibility index (Phi) is 3.98. The molecule has 1 aromatic carbocycles. The number of furan rings is 1. The minimum atomic E-state index is -0.603. The van der Waals surface area contributed by atoms with E-state index in [1.54, 1.807) is 12.1 Å². The predicted octanol–water partition coefficient (Wildman–Crippen LogP) is 3.11. The van der Waals surface area contributed by atoms with Crippen LogP contribution in [0.15, 0.2) is 40.9 Å². The minimum absolute atomic E-state index is 0.101. The first-order chi connectivity index (χ1) is 10.0. The molecule has 0 aliphatic carbocycles. The van der Waals surface area contributed by atoms with Crippen molar-refractivity contribution in [1.29, 1.82) is 0 Å². The van der Waals surface area contributed by atoms with Crippen molar-refractivity contribution in [2.75, 3.05) is 7.11 Å². The second-order valence-corrected chi connectivity index (χ2v) is 3.94. The maximum absolute atomic E-state index is 10.7. The molecular formula is C13H10N2O6. The number of benzene rings is 1. The number of nitro benzene ring substituents is 1. The Hall–Kier alpha value is -3.16. The molecule has 0 aliphatic rings. The van der Waals surface area contributed by atoms with E-state index in [0.29, 0.717) is 17.1 Å². The molecule has 108 valence electrons. The number of rotatable bonds is 5. The Morgan fingerprint density at radius 1 is 1.19 bits per heavy atom. The largest absolute Gasteiger partial charge is 0.496 e. The molecule has 1 aromatic heterocycles. The zero-order valence-electron chi connectivity index (χ0n) is 10.9. The van der Waals surface area contributed by atoms with Crippen molar-refractivity contribution >= 4 is 11.8 Å². The van der Waals surface area contributed by atoms with Gasteiger partial charge in [-0.25, -0.2) is 0 Å². The standard InChI is InChI=1S/C13H10N2O6/c1-20-13-8-9(15(18)19)2-4-11(13)12-5-3-10(21-12)6-7-14(16)17/h2-8H,1H3/b7-6-. The first-order valence-corrected chi connectivity index (χ1v) is 5.75. The normalized spacial score (nSPS) is 10.7. The quantitative estimate of drug-likeness (QED) is 0.618. The fourth-order valence-corrected chi connectivity index (χ4v) is 1.72. The zero-order chi connectivity index (χ0) is 15.4. The lowest BCUT2D eigenvalue weighted by Crippen LogP contribution is -1.92. The van der Waals surface area contributed by atoms with Crippen LogP contribution in [-0.2, 0) is 0 Å². The van der Waals surface area contributed by atoms with E-state index in [9.17, 15) is 20.2 Å². The SMILES string of the molecule is COc1cc([N+](=O)[O-])ccc1-c1ccc(/C=C\[N+](=O)[O-])o1. The Labute approximate surface area is 118 Å². The molecule has 0 spiro atoms. The van der Waals surface area contributed by atoms with Crippen LogP contribution in [0.25, 0.3) is 17.4 Å². The van der Waals surface area contributed by atoms with Crippen molar-refractivity contribution in [1.82, 2.24) is 0 Å². The maximum atomic E-state index is 10.7. The highest BCUT2D eigenvalue weighted by molar-refractivity contribution is 5.69. The summed E-state index contributed by atoms with van der Waals surface area (Å²) < 4.78 is 10.5. The molecule has 0 amide bonds. The molecule has 1 heterocycles. The number of hydrogen-bond donors (Lipinski definition) is 0. The molecule has 0 radical (unpaired) electrons. The van der Waals surface area contributed by atoms with Crippen LogP contribution < -0.4 is 4.74 Å². The third kappa shape index (κ3) is 3.24. The highest BCUT2D eigenvalue weighted by Gasteiger charge is 2.15. The van der Waals surface area contributed by atoms with Crippen LogP contribution in [0.2, 0.25) is 0 Å². The molecule has 0 saturated heterocycles. The fourth-order valence-electron chi connectivity index (χ4n) is 1.72. The third-order valence-corrected chi connectivity index (χ3v) is 2.65. The van der Waals surface area contributed by atoms with E-state index in [1.807, 2.05) is 0 Å². The summed E-state index contributed by atoms with van der Waals surface area (Å²) in [6.07, 6.45) is 1.97. The molecular weight excluding hydrogens is 280 g/mol. The Morgan fingerprint density at radius 2 is 1.95 bits per heavy atom. The zero-order valence-corrected chi connectivity index (χ0v) is 10.9. The molecule has 0 aliphatic heterocycles. The number of nitro groups is 2. The highest BCUT2D eigenvalue weighted by Crippen LogP contribution is 2.34. The third-order valence-electron chi connectivity index (χ3n) is 2.65. The Bertz CT molecular complexity index is 719. The number of hydrogen-bond acceptors (Lipinski definition) is 6. The van der Waals surface area contributed by atoms with Gasteiger partial charge in [0.15, 0.2) is 0 Å². The summed E-state index contributed by atoms with van der Waals surface area (Å²) >= 11 is 0. The van der Waals surface area contributed by atoms with E-state index in [2.05, 4.69) is 0 Å². The van der Waals surface area contributed by atoms with E-state index < -0.39 is 9.85 Å². The molecule has 2 rings (SSSR count). The van der Waals surface area contributed by atoms with Crippen molar-refractivity contribution in [3.63, 3.8) is 0 Å². The Balaban J connectivity index is 2.38. The van der Waals surface area contributed by atoms with Crippen molar-refractivity contribution in [2.24, 2.45) is 0 Å². The molecule has 0 saturated carbocycles. The van der Waals surface area contributed by atoms with Crippen LogP contribution in [0.1, 0.15) is 5.76 Å². The molecule has 0 atom stereocenters. The second-order valence-electron chi connectivity index (χ2n) is 3.94. The molecule has 8 heteroatoms. The van der Waals surface area contributed by atoms with Crippen LogP contribution in [-0.4, -0.2) is 17.0 Å². The number of nitrogens with zero attached hydrogens (tertiary/aromatic N) is 2. The van der Waals surface area contributed by atoms with Crippen molar-refractivity contribution in [3.05, 3.63) is 62.5 Å². The topological polar surface area (TPSA) is 109 Å². The first-order valence-electron chi connectivity index (χ1n) is 5.75. The van der Waals surface area contributed by atoms with Gasteiger partial charge < -0.3 is 9.15 Å². The molecule has 0 bridgehead atoms. The van der Waals surface area contributed by atoms with Crippen LogP contribution in [0.3, 0.4) is 0 Å². The summed E-state index contributed by atoms with van der Waals surface area (Å²) in [5.41, 5.74) is 0.416. The van der Waals surface area contributed by atoms with Gasteiger partial charge in [0, 0.05) is 6.07 Å². The van der Waals surface area contributed by atoms with Crippen LogP contribution in [0.4, 0.5) is 5.69 Å². The summed E-state index contributed by atoms with van der Waals surface area (Å²) in [5.74, 6) is 0.968. The van der Waals surface area contributed by atoms with Gasteiger partial charge in [-0.2, -0.15) is 0 Å². The molecule has 0 unspecified atom stereocenters. The van der Waals surface area contributed by atoms with Gasteiger partial charge >= 0.3 is 0 Å². The summed E-state index contributed by atoms with van der Waals surface area (Å²) in [6, 6.07) is 7.26. The van der Waals surface area contributed by atoms with Gasteiger partial charge in [0.2, 0.25) is 6.20 Å². The molecule has 8 nitrogen and oxygen atoms in total. The van der Waals surface area contributed by atoms with Crippen molar-refractivity contribution in [3.8, 4) is 17.1 Å². The van der Waals surface area contributed by atoms with Gasteiger partial charge in [0.05, 0.1) is 34.7 Å². The molecule has 0 fully saturated rings. The Morgan fingerprint density at radius 3 is 2.57 bits per heavy atom. The molecule has 2 aromatic rings. The number of ether oxygens (including phenoxy) is 1. The van der Waals surface area contributed by atoms with E-state index in [1.165, 1.54) is 31.4 Å². The van der Waals surface area contributed by atoms with Gasteiger partial charge in [-0.15, -0.1) is 0 Å². The lowest BCUT2D eigenvalue weighted by molar-refractivity contribution is -0.401. The average Bonchev–Trinajstić information content (AvgIpc) is 2.93. The fraction of sp³-hybridized carbons (Fsp3) is 0.0769. The van der Waals surface area contributed by atoms with Crippen LogP contribution >= 0.6 is 0 Å². The summed E-state index contributed by atoms with van der Waals surface area (Å²) in [5, 5.41) is 21.0. The predicted molar refractivity (Wildman–Crippen MR) is 73.4 cm³/mol. The van der Waals surface area contributed by atoms with Crippen molar-refractivity contribution < 1.29 is 19.0 Å². The van der Waals surface area contributed by atoms with E-state index in [0.717, 1.165) is 6.20 Å². The maximum Gasteiger partial charge on any atom is 0.273 e. The van der Waals surface area contributed by atoms with Gasteiger partial charge in [0.25, 0.3) is 5.69 Å². The lowest BCUT2D eigenvalue weighted by Gasteiger charge is -2.05. The van der Waals surface area contributed by atoms with E-state index in [-0.39, 0.29) is 11.4 Å². The summed E-state index contributed by atoms with van der Waals surface area (Å²) in [4.78, 5) is 19.8.